The zero-order chi connectivity index (χ0) is 24.4. The minimum atomic E-state index is -4.06. The van der Waals surface area contributed by atoms with Gasteiger partial charge in [0.15, 0.2) is 0 Å². The molecule has 0 unspecified atom stereocenters. The maximum absolute atomic E-state index is 13.6. The van der Waals surface area contributed by atoms with E-state index in [9.17, 15) is 18.0 Å². The van der Waals surface area contributed by atoms with Crippen LogP contribution in [0.15, 0.2) is 101 Å². The molecule has 8 heteroatoms. The van der Waals surface area contributed by atoms with Crippen molar-refractivity contribution in [1.29, 1.82) is 0 Å². The molecular formula is C27H25N3O4S. The normalized spacial score (nSPS) is 16.9. The first-order chi connectivity index (χ1) is 16.9. The highest BCUT2D eigenvalue weighted by atomic mass is 32.2. The number of hydrogen-bond donors (Lipinski definition) is 1. The Morgan fingerprint density at radius 2 is 1.23 bits per heavy atom. The van der Waals surface area contributed by atoms with Crippen molar-refractivity contribution in [3.05, 3.63) is 113 Å². The maximum Gasteiger partial charge on any atom is 0.262 e. The highest BCUT2D eigenvalue weighted by molar-refractivity contribution is 7.89. The van der Waals surface area contributed by atoms with Crippen LogP contribution in [-0.4, -0.2) is 56.0 Å². The Morgan fingerprint density at radius 3 is 1.86 bits per heavy atom. The third-order valence-electron chi connectivity index (χ3n) is 6.32. The molecule has 3 aromatic rings. The van der Waals surface area contributed by atoms with Crippen LogP contribution in [0.2, 0.25) is 0 Å². The van der Waals surface area contributed by atoms with Gasteiger partial charge in [0.05, 0.1) is 4.90 Å². The fourth-order valence-corrected chi connectivity index (χ4v) is 5.61. The van der Waals surface area contributed by atoms with E-state index in [1.54, 1.807) is 42.5 Å². The molecule has 2 aliphatic rings. The lowest BCUT2D eigenvalue weighted by atomic mass is 9.89. The van der Waals surface area contributed by atoms with Crippen molar-refractivity contribution in [2.75, 3.05) is 26.2 Å². The Hall–Kier alpha value is -3.75. The second-order valence-corrected chi connectivity index (χ2v) is 10.3. The van der Waals surface area contributed by atoms with Crippen LogP contribution in [0, 0.1) is 0 Å². The lowest BCUT2D eigenvalue weighted by Crippen LogP contribution is -2.49. The average Bonchev–Trinajstić information content (AvgIpc) is 2.89. The molecule has 3 aromatic carbocycles. The molecule has 0 amide bonds. The number of allylic oxidation sites excluding steroid dienone is 2. The van der Waals surface area contributed by atoms with Crippen LogP contribution in [-0.2, 0) is 16.6 Å². The second kappa shape index (κ2) is 9.48. The van der Waals surface area contributed by atoms with Crippen molar-refractivity contribution in [3.8, 4) is 0 Å². The van der Waals surface area contributed by atoms with Gasteiger partial charge in [0.25, 0.3) is 10.0 Å². The van der Waals surface area contributed by atoms with Crippen LogP contribution in [0.25, 0.3) is 0 Å². The number of carbonyl (C=O) groups excluding carboxylic acids is 2. The fraction of sp³-hybridized carbons (Fsp3) is 0.185. The van der Waals surface area contributed by atoms with E-state index in [0.717, 1.165) is 6.54 Å². The van der Waals surface area contributed by atoms with Crippen LogP contribution in [0.3, 0.4) is 0 Å². The highest BCUT2D eigenvalue weighted by Crippen LogP contribution is 2.29. The molecule has 1 aliphatic heterocycles. The van der Waals surface area contributed by atoms with Gasteiger partial charge in [-0.2, -0.15) is 0 Å². The minimum Gasteiger partial charge on any atom is -0.364 e. The number of piperazine rings is 1. The molecule has 0 saturated carbocycles. The molecule has 1 heterocycles. The molecule has 1 saturated heterocycles. The van der Waals surface area contributed by atoms with Crippen LogP contribution >= 0.6 is 0 Å². The predicted molar refractivity (Wildman–Crippen MR) is 132 cm³/mol. The Labute approximate surface area is 204 Å². The first-order valence-electron chi connectivity index (χ1n) is 11.5. The molecule has 178 valence electrons. The van der Waals surface area contributed by atoms with E-state index in [1.807, 2.05) is 23.1 Å². The summed E-state index contributed by atoms with van der Waals surface area (Å²) in [7, 11) is -4.06. The van der Waals surface area contributed by atoms with E-state index in [0.29, 0.717) is 31.7 Å². The third-order valence-corrected chi connectivity index (χ3v) is 7.69. The first-order valence-corrected chi connectivity index (χ1v) is 12.9. The Morgan fingerprint density at radius 1 is 0.686 bits per heavy atom. The summed E-state index contributed by atoms with van der Waals surface area (Å²) in [6.45, 7) is 3.15. The van der Waals surface area contributed by atoms with Crippen LogP contribution in [0.4, 0.5) is 0 Å². The molecule has 0 spiro atoms. The lowest BCUT2D eigenvalue weighted by Gasteiger charge is -2.38. The van der Waals surface area contributed by atoms with Gasteiger partial charge >= 0.3 is 0 Å². The Kier molecular flexibility index (Phi) is 6.23. The lowest BCUT2D eigenvalue weighted by molar-refractivity contribution is 0.0897. The monoisotopic (exact) mass is 487 g/mol. The number of ketones is 2. The molecule has 0 atom stereocenters. The molecular weight excluding hydrogens is 462 g/mol. The molecule has 1 N–H and O–H groups in total. The van der Waals surface area contributed by atoms with Gasteiger partial charge in [0.2, 0.25) is 11.6 Å². The zero-order valence-corrected chi connectivity index (χ0v) is 19.9. The number of nitrogens with zero attached hydrogens (tertiary/aromatic N) is 2. The predicted octanol–water partition coefficient (Wildman–Crippen LogP) is 3.07. The number of rotatable bonds is 6. The number of fused-ring (bicyclic) bond motifs is 1. The van der Waals surface area contributed by atoms with Gasteiger partial charge in [0.1, 0.15) is 11.4 Å². The minimum absolute atomic E-state index is 0.0265. The Bertz CT molecular complexity index is 1390. The summed E-state index contributed by atoms with van der Waals surface area (Å²) in [5.74, 6) is -0.844. The van der Waals surface area contributed by atoms with Crippen LogP contribution in [0.5, 0.6) is 0 Å². The number of nitrogens with one attached hydrogen (secondary N) is 1. The first kappa shape index (κ1) is 23.0. The van der Waals surface area contributed by atoms with Gasteiger partial charge in [0, 0.05) is 43.9 Å². The topological polar surface area (TPSA) is 86.8 Å². The zero-order valence-electron chi connectivity index (χ0n) is 19.1. The number of Topliss-reactive ketones (excluding diaryl/α,β-unsaturated/α-hetero) is 2. The number of benzene rings is 3. The van der Waals surface area contributed by atoms with E-state index in [2.05, 4.69) is 21.8 Å². The summed E-state index contributed by atoms with van der Waals surface area (Å²) < 4.78 is 28.7. The smallest absolute Gasteiger partial charge is 0.262 e. The van der Waals surface area contributed by atoms with Gasteiger partial charge < -0.3 is 4.90 Å². The third kappa shape index (κ3) is 4.62. The average molecular weight is 488 g/mol. The van der Waals surface area contributed by atoms with Crippen molar-refractivity contribution >= 4 is 21.6 Å². The summed E-state index contributed by atoms with van der Waals surface area (Å²) in [5.41, 5.74) is 1.63. The van der Waals surface area contributed by atoms with E-state index in [1.165, 1.54) is 17.7 Å². The largest absolute Gasteiger partial charge is 0.364 e. The molecule has 0 bridgehead atoms. The fourth-order valence-electron chi connectivity index (χ4n) is 4.52. The van der Waals surface area contributed by atoms with E-state index in [-0.39, 0.29) is 27.6 Å². The van der Waals surface area contributed by atoms with Crippen LogP contribution in [0.1, 0.15) is 26.3 Å². The number of sulfonamides is 1. The SMILES string of the molecule is O=C1C(NS(=O)(=O)c2ccccc2)=C(N2CCN(Cc3ccccc3)CC2)C(=O)c2ccccc21. The highest BCUT2D eigenvalue weighted by Gasteiger charge is 2.38. The van der Waals surface area contributed by atoms with Gasteiger partial charge in [-0.25, -0.2) is 8.42 Å². The summed E-state index contributed by atoms with van der Waals surface area (Å²) in [6, 6.07) is 24.5. The molecule has 1 aliphatic carbocycles. The maximum atomic E-state index is 13.6. The van der Waals surface area contributed by atoms with Crippen molar-refractivity contribution in [3.63, 3.8) is 0 Å². The molecule has 5 rings (SSSR count). The van der Waals surface area contributed by atoms with E-state index in [4.69, 9.17) is 0 Å². The number of carbonyl (C=O) groups is 2. The molecule has 7 nitrogen and oxygen atoms in total. The van der Waals surface area contributed by atoms with Crippen molar-refractivity contribution < 1.29 is 18.0 Å². The standard InChI is InChI=1S/C27H25N3O4S/c31-26-22-13-7-8-14-23(22)27(32)25(24(26)28-35(33,34)21-11-5-2-6-12-21)30-17-15-29(16-18-30)19-20-9-3-1-4-10-20/h1-14,28H,15-19H2. The summed E-state index contributed by atoms with van der Waals surface area (Å²) in [5, 5.41) is 0. The van der Waals surface area contributed by atoms with E-state index < -0.39 is 15.8 Å². The van der Waals surface area contributed by atoms with Crippen molar-refractivity contribution in [1.82, 2.24) is 14.5 Å². The number of hydrogen-bond acceptors (Lipinski definition) is 6. The Balaban J connectivity index is 1.46. The van der Waals surface area contributed by atoms with Gasteiger partial charge in [-0.1, -0.05) is 72.8 Å². The van der Waals surface area contributed by atoms with Gasteiger partial charge in [-0.05, 0) is 17.7 Å². The van der Waals surface area contributed by atoms with E-state index >= 15 is 0 Å². The molecule has 0 radical (unpaired) electrons. The summed E-state index contributed by atoms with van der Waals surface area (Å²) in [4.78, 5) is 31.2. The second-order valence-electron chi connectivity index (χ2n) is 8.59. The molecule has 35 heavy (non-hydrogen) atoms. The summed E-state index contributed by atoms with van der Waals surface area (Å²) in [6.07, 6.45) is 0. The quantitative estimate of drug-likeness (QED) is 0.575. The van der Waals surface area contributed by atoms with Crippen molar-refractivity contribution in [2.24, 2.45) is 0 Å². The van der Waals surface area contributed by atoms with Gasteiger partial charge in [-0.3, -0.25) is 19.2 Å². The summed E-state index contributed by atoms with van der Waals surface area (Å²) >= 11 is 0. The van der Waals surface area contributed by atoms with Crippen molar-refractivity contribution in [2.45, 2.75) is 11.4 Å². The van der Waals surface area contributed by atoms with Crippen LogP contribution < -0.4 is 4.72 Å². The molecule has 0 aromatic heterocycles. The molecule has 1 fully saturated rings. The van der Waals surface area contributed by atoms with Gasteiger partial charge in [-0.15, -0.1) is 0 Å².